The molecule has 5 nitrogen and oxygen atoms in total. The van der Waals surface area contributed by atoms with Crippen LogP contribution in [0.15, 0.2) is 54.6 Å². The molecule has 0 saturated carbocycles. The third-order valence-corrected chi connectivity index (χ3v) is 3.68. The Morgan fingerprint density at radius 1 is 1.12 bits per heavy atom. The van der Waals surface area contributed by atoms with Crippen LogP contribution in [0.4, 0.5) is 0 Å². The lowest BCUT2D eigenvalue weighted by molar-refractivity contribution is -0.137. The van der Waals surface area contributed by atoms with Gasteiger partial charge >= 0.3 is 5.97 Å². The Labute approximate surface area is 141 Å². The van der Waals surface area contributed by atoms with Crippen LogP contribution in [0.2, 0.25) is 0 Å². The Morgan fingerprint density at radius 3 is 2.54 bits per heavy atom. The van der Waals surface area contributed by atoms with E-state index in [1.54, 1.807) is 7.11 Å². The highest BCUT2D eigenvalue weighted by Crippen LogP contribution is 2.19. The van der Waals surface area contributed by atoms with Crippen LogP contribution in [0.1, 0.15) is 30.0 Å². The number of hydrogen-bond donors (Lipinski definition) is 2. The molecule has 126 valence electrons. The van der Waals surface area contributed by atoms with Gasteiger partial charge in [0.15, 0.2) is 0 Å². The average Bonchev–Trinajstić information content (AvgIpc) is 2.59. The van der Waals surface area contributed by atoms with Gasteiger partial charge < -0.3 is 15.2 Å². The molecular weight excluding hydrogens is 306 g/mol. The summed E-state index contributed by atoms with van der Waals surface area (Å²) in [5.41, 5.74) is 1.75. The molecule has 0 aliphatic rings. The van der Waals surface area contributed by atoms with Gasteiger partial charge in [0, 0.05) is 6.42 Å². The first-order valence-electron chi connectivity index (χ1n) is 7.77. The zero-order valence-electron chi connectivity index (χ0n) is 13.6. The minimum atomic E-state index is -0.877. The van der Waals surface area contributed by atoms with Crippen LogP contribution in [-0.4, -0.2) is 24.1 Å². The zero-order chi connectivity index (χ0) is 17.4. The second-order valence-corrected chi connectivity index (χ2v) is 5.49. The van der Waals surface area contributed by atoms with Gasteiger partial charge in [-0.25, -0.2) is 0 Å². The van der Waals surface area contributed by atoms with Crippen LogP contribution in [0.3, 0.4) is 0 Å². The Balaban J connectivity index is 2.04. The Morgan fingerprint density at radius 2 is 1.88 bits per heavy atom. The number of hydrogen-bond acceptors (Lipinski definition) is 3. The Hall–Kier alpha value is -2.82. The summed E-state index contributed by atoms with van der Waals surface area (Å²) in [6.45, 7) is 0. The van der Waals surface area contributed by atoms with E-state index in [9.17, 15) is 9.59 Å². The Kier molecular flexibility index (Phi) is 6.37. The number of nitrogens with one attached hydrogen (secondary N) is 1. The fraction of sp³-hybridized carbons (Fsp3) is 0.263. The van der Waals surface area contributed by atoms with E-state index >= 15 is 0 Å². The maximum Gasteiger partial charge on any atom is 0.303 e. The van der Waals surface area contributed by atoms with E-state index in [-0.39, 0.29) is 24.8 Å². The lowest BCUT2D eigenvalue weighted by Gasteiger charge is -2.18. The summed E-state index contributed by atoms with van der Waals surface area (Å²) >= 11 is 0. The summed E-state index contributed by atoms with van der Waals surface area (Å²) in [5, 5.41) is 11.8. The number of carbonyl (C=O) groups excluding carboxylic acids is 1. The number of methoxy groups -OCH3 is 1. The molecule has 0 heterocycles. The number of carboxylic acid groups (broad SMARTS) is 1. The van der Waals surface area contributed by atoms with Crippen molar-refractivity contribution in [3.63, 3.8) is 0 Å². The van der Waals surface area contributed by atoms with E-state index in [0.29, 0.717) is 12.2 Å². The molecule has 2 aromatic carbocycles. The van der Waals surface area contributed by atoms with E-state index in [4.69, 9.17) is 9.84 Å². The van der Waals surface area contributed by atoms with E-state index < -0.39 is 5.97 Å². The highest BCUT2D eigenvalue weighted by Gasteiger charge is 2.16. The summed E-state index contributed by atoms with van der Waals surface area (Å²) in [4.78, 5) is 23.2. The number of ether oxygens (including phenoxy) is 1. The molecule has 0 spiro atoms. The van der Waals surface area contributed by atoms with Gasteiger partial charge in [0.1, 0.15) is 5.75 Å². The third kappa shape index (κ3) is 5.43. The number of rotatable bonds is 8. The molecular formula is C19H21NO4. The highest BCUT2D eigenvalue weighted by molar-refractivity contribution is 5.79. The number of benzene rings is 2. The van der Waals surface area contributed by atoms with E-state index in [1.807, 2.05) is 54.6 Å². The largest absolute Gasteiger partial charge is 0.497 e. The third-order valence-electron chi connectivity index (χ3n) is 3.68. The fourth-order valence-electron chi connectivity index (χ4n) is 2.49. The summed E-state index contributed by atoms with van der Waals surface area (Å²) in [5.74, 6) is -0.328. The van der Waals surface area contributed by atoms with Gasteiger partial charge in [0.05, 0.1) is 19.6 Å². The number of carboxylic acids is 1. The van der Waals surface area contributed by atoms with Crippen molar-refractivity contribution in [2.24, 2.45) is 0 Å². The van der Waals surface area contributed by atoms with Crippen molar-refractivity contribution in [2.45, 2.75) is 25.3 Å². The van der Waals surface area contributed by atoms with Gasteiger partial charge in [-0.15, -0.1) is 0 Å². The highest BCUT2D eigenvalue weighted by atomic mass is 16.5. The first kappa shape index (κ1) is 17.5. The maximum absolute atomic E-state index is 12.3. The maximum atomic E-state index is 12.3. The van der Waals surface area contributed by atoms with Crippen molar-refractivity contribution in [1.82, 2.24) is 5.32 Å². The molecule has 0 aliphatic carbocycles. The van der Waals surface area contributed by atoms with Crippen molar-refractivity contribution in [3.05, 3.63) is 65.7 Å². The van der Waals surface area contributed by atoms with Gasteiger partial charge in [-0.2, -0.15) is 0 Å². The molecule has 1 unspecified atom stereocenters. The van der Waals surface area contributed by atoms with Crippen molar-refractivity contribution in [2.75, 3.05) is 7.11 Å². The molecule has 0 saturated heterocycles. The lowest BCUT2D eigenvalue weighted by Crippen LogP contribution is -2.30. The summed E-state index contributed by atoms with van der Waals surface area (Å²) in [6.07, 6.45) is 0.565. The molecule has 2 rings (SSSR count). The van der Waals surface area contributed by atoms with Crippen molar-refractivity contribution < 1.29 is 19.4 Å². The first-order valence-corrected chi connectivity index (χ1v) is 7.77. The topological polar surface area (TPSA) is 75.6 Å². The second-order valence-electron chi connectivity index (χ2n) is 5.49. The van der Waals surface area contributed by atoms with Crippen LogP contribution < -0.4 is 10.1 Å². The molecule has 0 bridgehead atoms. The first-order chi connectivity index (χ1) is 11.6. The molecule has 0 aliphatic heterocycles. The van der Waals surface area contributed by atoms with Gasteiger partial charge in [-0.1, -0.05) is 42.5 Å². The number of carbonyl (C=O) groups is 2. The van der Waals surface area contributed by atoms with Crippen molar-refractivity contribution >= 4 is 11.9 Å². The van der Waals surface area contributed by atoms with Gasteiger partial charge in [0.25, 0.3) is 0 Å². The summed E-state index contributed by atoms with van der Waals surface area (Å²) in [7, 11) is 1.58. The fourth-order valence-corrected chi connectivity index (χ4v) is 2.49. The minimum Gasteiger partial charge on any atom is -0.497 e. The predicted molar refractivity (Wildman–Crippen MR) is 90.9 cm³/mol. The number of amides is 1. The number of aliphatic carboxylic acids is 1. The molecule has 1 atom stereocenters. The van der Waals surface area contributed by atoms with Gasteiger partial charge in [-0.05, 0) is 29.7 Å². The van der Waals surface area contributed by atoms with Crippen LogP contribution >= 0.6 is 0 Å². The van der Waals surface area contributed by atoms with E-state index in [0.717, 1.165) is 11.1 Å². The predicted octanol–water partition coefficient (Wildman–Crippen LogP) is 2.96. The summed E-state index contributed by atoms with van der Waals surface area (Å²) < 4.78 is 5.15. The molecule has 24 heavy (non-hydrogen) atoms. The summed E-state index contributed by atoms with van der Waals surface area (Å²) in [6, 6.07) is 16.4. The molecule has 0 radical (unpaired) electrons. The van der Waals surface area contributed by atoms with Crippen LogP contribution in [-0.2, 0) is 16.0 Å². The minimum absolute atomic E-state index is 0.000991. The average molecular weight is 327 g/mol. The normalized spacial score (nSPS) is 11.5. The SMILES string of the molecule is COc1cccc(CC(=O)NC(CCC(=O)O)c2ccccc2)c1. The second kappa shape index (κ2) is 8.72. The lowest BCUT2D eigenvalue weighted by atomic mass is 10.0. The smallest absolute Gasteiger partial charge is 0.303 e. The Bertz CT molecular complexity index is 685. The molecule has 5 heteroatoms. The monoisotopic (exact) mass is 327 g/mol. The van der Waals surface area contributed by atoms with E-state index in [1.165, 1.54) is 0 Å². The molecule has 0 fully saturated rings. The molecule has 2 N–H and O–H groups in total. The van der Waals surface area contributed by atoms with Crippen LogP contribution in [0.5, 0.6) is 5.75 Å². The molecule has 0 aromatic heterocycles. The standard InChI is InChI=1S/C19H21NO4/c1-24-16-9-5-6-14(12-16)13-18(21)20-17(10-11-19(22)23)15-7-3-2-4-8-15/h2-9,12,17H,10-11,13H2,1H3,(H,20,21)(H,22,23). The van der Waals surface area contributed by atoms with Crippen molar-refractivity contribution in [3.8, 4) is 5.75 Å². The quantitative estimate of drug-likeness (QED) is 0.781. The molecule has 2 aromatic rings. The van der Waals surface area contributed by atoms with E-state index in [2.05, 4.69) is 5.32 Å². The van der Waals surface area contributed by atoms with Gasteiger partial charge in [0.2, 0.25) is 5.91 Å². The molecule has 1 amide bonds. The van der Waals surface area contributed by atoms with Crippen molar-refractivity contribution in [1.29, 1.82) is 0 Å². The zero-order valence-corrected chi connectivity index (χ0v) is 13.6. The van der Waals surface area contributed by atoms with Crippen LogP contribution in [0.25, 0.3) is 0 Å². The van der Waals surface area contributed by atoms with Gasteiger partial charge in [-0.3, -0.25) is 9.59 Å². The van der Waals surface area contributed by atoms with Crippen LogP contribution in [0, 0.1) is 0 Å².